The summed E-state index contributed by atoms with van der Waals surface area (Å²) in [6.45, 7) is 2.80. The molecule has 6 nitrogen and oxygen atoms in total. The van der Waals surface area contributed by atoms with Crippen LogP contribution < -0.4 is 5.32 Å². The second-order valence-electron chi connectivity index (χ2n) is 6.20. The van der Waals surface area contributed by atoms with Gasteiger partial charge in [0.15, 0.2) is 0 Å². The monoisotopic (exact) mass is 409 g/mol. The van der Waals surface area contributed by atoms with Gasteiger partial charge >= 0.3 is 0 Å². The van der Waals surface area contributed by atoms with Crippen LogP contribution in [0.25, 0.3) is 0 Å². The van der Waals surface area contributed by atoms with Crippen LogP contribution in [0.5, 0.6) is 0 Å². The van der Waals surface area contributed by atoms with E-state index in [-0.39, 0.29) is 16.6 Å². The summed E-state index contributed by atoms with van der Waals surface area (Å²) >= 11 is 1.22. The molecule has 9 heteroatoms. The molecular formula is C18H20FN3O3S2. The maximum absolute atomic E-state index is 12.9. The molecule has 144 valence electrons. The zero-order valence-corrected chi connectivity index (χ0v) is 16.4. The van der Waals surface area contributed by atoms with Crippen LogP contribution in [0.4, 0.5) is 10.1 Å². The molecule has 1 aliphatic rings. The van der Waals surface area contributed by atoms with Crippen LogP contribution in [0.2, 0.25) is 0 Å². The molecule has 1 saturated heterocycles. The van der Waals surface area contributed by atoms with Crippen molar-refractivity contribution in [3.8, 4) is 0 Å². The van der Waals surface area contributed by atoms with Crippen molar-refractivity contribution in [2.45, 2.75) is 34.9 Å². The first-order valence-electron chi connectivity index (χ1n) is 8.55. The number of nitrogens with one attached hydrogen (secondary N) is 1. The number of carbonyl (C=O) groups excluding carboxylic acids is 1. The lowest BCUT2D eigenvalue weighted by molar-refractivity contribution is -0.115. The van der Waals surface area contributed by atoms with Crippen molar-refractivity contribution in [3.63, 3.8) is 0 Å². The van der Waals surface area contributed by atoms with Gasteiger partial charge in [0.1, 0.15) is 10.7 Å². The molecule has 1 N–H and O–H groups in total. The van der Waals surface area contributed by atoms with Crippen molar-refractivity contribution in [1.82, 2.24) is 9.29 Å². The van der Waals surface area contributed by atoms with E-state index in [1.165, 1.54) is 52.6 Å². The standard InChI is InChI=1S/C18H20FN3O3S2/c1-13(18(23)21-15-6-4-14(19)5-7-15)26-17-9-8-16(12-20-17)27(24,25)22-10-2-3-11-22/h4-9,12-13H,2-3,10-11H2,1H3,(H,21,23)/t13-/m1/s1. The Morgan fingerprint density at radius 2 is 1.85 bits per heavy atom. The summed E-state index contributed by atoms with van der Waals surface area (Å²) in [5, 5.41) is 2.80. The van der Waals surface area contributed by atoms with Crippen molar-refractivity contribution >= 4 is 33.4 Å². The molecule has 1 fully saturated rings. The SMILES string of the molecule is C[C@@H](Sc1ccc(S(=O)(=O)N2CCCC2)cn1)C(=O)Nc1ccc(F)cc1. The Hall–Kier alpha value is -1.97. The number of halogens is 1. The first-order valence-corrected chi connectivity index (χ1v) is 10.9. The van der Waals surface area contributed by atoms with Crippen molar-refractivity contribution in [1.29, 1.82) is 0 Å². The fraction of sp³-hybridized carbons (Fsp3) is 0.333. The number of rotatable bonds is 6. The number of thioether (sulfide) groups is 1. The molecule has 1 atom stereocenters. The lowest BCUT2D eigenvalue weighted by Crippen LogP contribution is -2.28. The topological polar surface area (TPSA) is 79.4 Å². The summed E-state index contributed by atoms with van der Waals surface area (Å²) < 4.78 is 39.4. The number of carbonyl (C=O) groups is 1. The van der Waals surface area contributed by atoms with Crippen LogP contribution in [-0.4, -0.2) is 42.0 Å². The molecule has 1 amide bonds. The Labute approximate surface area is 162 Å². The average molecular weight is 410 g/mol. The Morgan fingerprint density at radius 1 is 1.19 bits per heavy atom. The van der Waals surface area contributed by atoms with Crippen molar-refractivity contribution < 1.29 is 17.6 Å². The fourth-order valence-electron chi connectivity index (χ4n) is 2.68. The largest absolute Gasteiger partial charge is 0.325 e. The highest BCUT2D eigenvalue weighted by Gasteiger charge is 2.27. The second kappa shape index (κ2) is 8.37. The summed E-state index contributed by atoms with van der Waals surface area (Å²) in [5.41, 5.74) is 0.508. The zero-order chi connectivity index (χ0) is 19.4. The first-order chi connectivity index (χ1) is 12.9. The molecule has 1 aliphatic heterocycles. The maximum atomic E-state index is 12.9. The number of nitrogens with zero attached hydrogens (tertiary/aromatic N) is 2. The summed E-state index contributed by atoms with van der Waals surface area (Å²) in [7, 11) is -3.49. The van der Waals surface area contributed by atoms with Crippen molar-refractivity contribution in [3.05, 3.63) is 48.4 Å². The smallest absolute Gasteiger partial charge is 0.244 e. The lowest BCUT2D eigenvalue weighted by Gasteiger charge is -2.15. The number of hydrogen-bond donors (Lipinski definition) is 1. The van der Waals surface area contributed by atoms with Crippen LogP contribution in [-0.2, 0) is 14.8 Å². The molecule has 0 saturated carbocycles. The van der Waals surface area contributed by atoms with Gasteiger partial charge in [-0.1, -0.05) is 11.8 Å². The molecule has 0 aliphatic carbocycles. The van der Waals surface area contributed by atoms with E-state index in [1.807, 2.05) is 0 Å². The Morgan fingerprint density at radius 3 is 2.44 bits per heavy atom. The van der Waals surface area contributed by atoms with Gasteiger partial charge in [-0.3, -0.25) is 4.79 Å². The van der Waals surface area contributed by atoms with Crippen molar-refractivity contribution in [2.75, 3.05) is 18.4 Å². The molecule has 0 unspecified atom stereocenters. The molecule has 27 heavy (non-hydrogen) atoms. The molecule has 0 spiro atoms. The third-order valence-corrected chi connectivity index (χ3v) is 7.12. The van der Waals surface area contributed by atoms with E-state index in [4.69, 9.17) is 0 Å². The minimum Gasteiger partial charge on any atom is -0.325 e. The summed E-state index contributed by atoms with van der Waals surface area (Å²) in [4.78, 5) is 16.6. The second-order valence-corrected chi connectivity index (χ2v) is 9.50. The van der Waals surface area contributed by atoms with Gasteiger partial charge in [0.25, 0.3) is 0 Å². The van der Waals surface area contributed by atoms with Gasteiger partial charge < -0.3 is 5.32 Å². The minimum absolute atomic E-state index is 0.164. The van der Waals surface area contributed by atoms with E-state index >= 15 is 0 Å². The lowest BCUT2D eigenvalue weighted by atomic mass is 10.3. The minimum atomic E-state index is -3.49. The predicted octanol–water partition coefficient (Wildman–Crippen LogP) is 3.12. The molecule has 0 radical (unpaired) electrons. The molecule has 1 aromatic carbocycles. The van der Waals surface area contributed by atoms with Gasteiger partial charge in [0.2, 0.25) is 15.9 Å². The quantitative estimate of drug-likeness (QED) is 0.742. The third-order valence-electron chi connectivity index (χ3n) is 4.19. The predicted molar refractivity (Wildman–Crippen MR) is 103 cm³/mol. The van der Waals surface area contributed by atoms with Gasteiger partial charge in [-0.05, 0) is 56.2 Å². The van der Waals surface area contributed by atoms with E-state index in [1.54, 1.807) is 13.0 Å². The van der Waals surface area contributed by atoms with Crippen LogP contribution in [0.1, 0.15) is 19.8 Å². The number of anilines is 1. The van der Waals surface area contributed by atoms with E-state index in [2.05, 4.69) is 10.3 Å². The molecule has 0 bridgehead atoms. The molecule has 2 heterocycles. The molecular weight excluding hydrogens is 389 g/mol. The number of hydrogen-bond acceptors (Lipinski definition) is 5. The molecule has 1 aromatic heterocycles. The van der Waals surface area contributed by atoms with Crippen LogP contribution >= 0.6 is 11.8 Å². The fourth-order valence-corrected chi connectivity index (χ4v) is 4.93. The normalized spacial score (nSPS) is 16.2. The average Bonchev–Trinajstić information content (AvgIpc) is 3.19. The molecule has 3 rings (SSSR count). The third kappa shape index (κ3) is 4.85. The zero-order valence-electron chi connectivity index (χ0n) is 14.8. The number of aromatic nitrogens is 1. The van der Waals surface area contributed by atoms with E-state index in [0.717, 1.165) is 12.8 Å². The first kappa shape index (κ1) is 19.8. The number of benzene rings is 1. The van der Waals surface area contributed by atoms with Gasteiger partial charge in [-0.15, -0.1) is 0 Å². The molecule has 2 aromatic rings. The van der Waals surface area contributed by atoms with Crippen LogP contribution in [0.3, 0.4) is 0 Å². The summed E-state index contributed by atoms with van der Waals surface area (Å²) in [6, 6.07) is 8.65. The Kier molecular flexibility index (Phi) is 6.13. The van der Waals surface area contributed by atoms with Gasteiger partial charge in [-0.2, -0.15) is 4.31 Å². The van der Waals surface area contributed by atoms with E-state index in [0.29, 0.717) is 23.8 Å². The number of pyridine rings is 1. The summed E-state index contributed by atoms with van der Waals surface area (Å²) in [6.07, 6.45) is 3.09. The highest BCUT2D eigenvalue weighted by molar-refractivity contribution is 8.00. The maximum Gasteiger partial charge on any atom is 0.244 e. The van der Waals surface area contributed by atoms with Gasteiger partial charge in [0.05, 0.1) is 10.3 Å². The van der Waals surface area contributed by atoms with Crippen LogP contribution in [0, 0.1) is 5.82 Å². The van der Waals surface area contributed by atoms with Crippen molar-refractivity contribution in [2.24, 2.45) is 0 Å². The number of sulfonamides is 1. The highest BCUT2D eigenvalue weighted by Crippen LogP contribution is 2.25. The highest BCUT2D eigenvalue weighted by atomic mass is 32.2. The number of amides is 1. The van der Waals surface area contributed by atoms with Crippen LogP contribution in [0.15, 0.2) is 52.5 Å². The van der Waals surface area contributed by atoms with E-state index in [9.17, 15) is 17.6 Å². The Balaban J connectivity index is 1.61. The summed E-state index contributed by atoms with van der Waals surface area (Å²) in [5.74, 6) is -0.620. The van der Waals surface area contributed by atoms with Gasteiger partial charge in [0, 0.05) is 25.0 Å². The van der Waals surface area contributed by atoms with E-state index < -0.39 is 15.3 Å². The Bertz CT molecular complexity index is 896. The van der Waals surface area contributed by atoms with Gasteiger partial charge in [-0.25, -0.2) is 17.8 Å².